The van der Waals surface area contributed by atoms with Crippen molar-refractivity contribution in [3.8, 4) is 11.5 Å². The van der Waals surface area contributed by atoms with Crippen LogP contribution in [-0.4, -0.2) is 6.29 Å². The van der Waals surface area contributed by atoms with Crippen molar-refractivity contribution in [1.82, 2.24) is 0 Å². The van der Waals surface area contributed by atoms with E-state index in [-0.39, 0.29) is 5.92 Å². The monoisotopic (exact) mass is 260 g/mol. The maximum absolute atomic E-state index is 11.6. The number of carbonyl (C=O) groups excluding carboxylic acids is 1. The molecule has 1 heterocycles. The fraction of sp³-hybridized carbons (Fsp3) is 0.0556. The van der Waals surface area contributed by atoms with Crippen LogP contribution in [0.25, 0.3) is 10.8 Å². The van der Waals surface area contributed by atoms with Gasteiger partial charge in [-0.15, -0.1) is 0 Å². The van der Waals surface area contributed by atoms with Crippen LogP contribution < -0.4 is 4.74 Å². The van der Waals surface area contributed by atoms with Crippen LogP contribution in [0.4, 0.5) is 0 Å². The van der Waals surface area contributed by atoms with E-state index in [1.54, 1.807) is 0 Å². The quantitative estimate of drug-likeness (QED) is 0.610. The lowest BCUT2D eigenvalue weighted by Crippen LogP contribution is -2.11. The Kier molecular flexibility index (Phi) is 2.36. The molecule has 20 heavy (non-hydrogen) atoms. The molecule has 3 aromatic carbocycles. The summed E-state index contributed by atoms with van der Waals surface area (Å²) < 4.78 is 6.06. The third kappa shape index (κ3) is 1.48. The molecular weight excluding hydrogens is 248 g/mol. The molecule has 96 valence electrons. The number of rotatable bonds is 1. The molecule has 1 unspecified atom stereocenters. The lowest BCUT2D eigenvalue weighted by atomic mass is 9.87. The van der Waals surface area contributed by atoms with Gasteiger partial charge < -0.3 is 9.53 Å². The van der Waals surface area contributed by atoms with Gasteiger partial charge in [0.05, 0.1) is 5.92 Å². The van der Waals surface area contributed by atoms with Gasteiger partial charge in [0, 0.05) is 16.5 Å². The minimum Gasteiger partial charge on any atom is -0.456 e. The third-order valence-corrected chi connectivity index (χ3v) is 3.85. The van der Waals surface area contributed by atoms with Crippen LogP contribution in [-0.2, 0) is 4.79 Å². The van der Waals surface area contributed by atoms with Crippen molar-refractivity contribution in [2.45, 2.75) is 5.92 Å². The van der Waals surface area contributed by atoms with Crippen LogP contribution in [0.3, 0.4) is 0 Å². The first-order chi connectivity index (χ1) is 9.88. The van der Waals surface area contributed by atoms with E-state index in [2.05, 4.69) is 6.07 Å². The van der Waals surface area contributed by atoms with E-state index < -0.39 is 0 Å². The van der Waals surface area contributed by atoms with Crippen molar-refractivity contribution in [2.24, 2.45) is 0 Å². The Morgan fingerprint density at radius 1 is 0.850 bits per heavy atom. The number of para-hydroxylation sites is 1. The molecule has 3 aromatic rings. The summed E-state index contributed by atoms with van der Waals surface area (Å²) in [6.45, 7) is 0. The molecule has 1 aliphatic rings. The SMILES string of the molecule is O=CC1c2ccccc2Oc2c1ccc1ccccc21. The Morgan fingerprint density at radius 3 is 2.55 bits per heavy atom. The zero-order chi connectivity index (χ0) is 13.5. The molecule has 0 aliphatic carbocycles. The highest BCUT2D eigenvalue weighted by Crippen LogP contribution is 2.46. The van der Waals surface area contributed by atoms with E-state index in [0.29, 0.717) is 0 Å². The van der Waals surface area contributed by atoms with Crippen molar-refractivity contribution in [3.63, 3.8) is 0 Å². The Bertz CT molecular complexity index is 821. The van der Waals surface area contributed by atoms with Crippen molar-refractivity contribution in [1.29, 1.82) is 0 Å². The molecule has 1 aliphatic heterocycles. The fourth-order valence-electron chi connectivity index (χ4n) is 2.87. The molecule has 0 N–H and O–H groups in total. The van der Waals surface area contributed by atoms with E-state index in [4.69, 9.17) is 4.74 Å². The van der Waals surface area contributed by atoms with Gasteiger partial charge in [-0.1, -0.05) is 54.6 Å². The molecule has 0 saturated heterocycles. The molecule has 0 bridgehead atoms. The highest BCUT2D eigenvalue weighted by atomic mass is 16.5. The summed E-state index contributed by atoms with van der Waals surface area (Å²) in [5.74, 6) is 1.33. The summed E-state index contributed by atoms with van der Waals surface area (Å²) in [5.41, 5.74) is 1.88. The summed E-state index contributed by atoms with van der Waals surface area (Å²) in [7, 11) is 0. The standard InChI is InChI=1S/C18H12O2/c19-11-16-14-7-3-4-8-17(14)20-18-13-6-2-1-5-12(13)9-10-15(16)18/h1-11,16H. The second-order valence-electron chi connectivity index (χ2n) is 4.96. The number of benzene rings is 3. The molecule has 2 heteroatoms. The zero-order valence-corrected chi connectivity index (χ0v) is 10.7. The summed E-state index contributed by atoms with van der Waals surface area (Å²) in [4.78, 5) is 11.6. The van der Waals surface area contributed by atoms with Gasteiger partial charge in [-0.05, 0) is 11.5 Å². The van der Waals surface area contributed by atoms with E-state index in [1.165, 1.54) is 0 Å². The van der Waals surface area contributed by atoms with Gasteiger partial charge in [0.25, 0.3) is 0 Å². The second-order valence-corrected chi connectivity index (χ2v) is 4.96. The highest BCUT2D eigenvalue weighted by Gasteiger charge is 2.27. The largest absolute Gasteiger partial charge is 0.456 e. The van der Waals surface area contributed by atoms with Gasteiger partial charge in [-0.2, -0.15) is 0 Å². The number of hydrogen-bond acceptors (Lipinski definition) is 2. The zero-order valence-electron chi connectivity index (χ0n) is 10.7. The minimum absolute atomic E-state index is 0.250. The predicted molar refractivity (Wildman–Crippen MR) is 78.4 cm³/mol. The minimum atomic E-state index is -0.250. The van der Waals surface area contributed by atoms with Crippen LogP contribution in [0.2, 0.25) is 0 Å². The number of fused-ring (bicyclic) bond motifs is 4. The maximum atomic E-state index is 11.6. The first kappa shape index (κ1) is 11.2. The van der Waals surface area contributed by atoms with Gasteiger partial charge in [0.1, 0.15) is 17.8 Å². The van der Waals surface area contributed by atoms with Crippen LogP contribution >= 0.6 is 0 Å². The highest BCUT2D eigenvalue weighted by molar-refractivity contribution is 5.92. The molecule has 4 rings (SSSR count). The van der Waals surface area contributed by atoms with Crippen LogP contribution in [0.1, 0.15) is 17.0 Å². The Morgan fingerprint density at radius 2 is 1.65 bits per heavy atom. The van der Waals surface area contributed by atoms with Gasteiger partial charge in [0.15, 0.2) is 0 Å². The van der Waals surface area contributed by atoms with E-state index >= 15 is 0 Å². The van der Waals surface area contributed by atoms with Crippen LogP contribution in [0, 0.1) is 0 Å². The molecule has 2 nitrogen and oxygen atoms in total. The smallest absolute Gasteiger partial charge is 0.139 e. The maximum Gasteiger partial charge on any atom is 0.139 e. The topological polar surface area (TPSA) is 26.3 Å². The number of ether oxygens (including phenoxy) is 1. The Labute approximate surface area is 116 Å². The summed E-state index contributed by atoms with van der Waals surface area (Å²) in [6, 6.07) is 19.8. The second kappa shape index (κ2) is 4.20. The lowest BCUT2D eigenvalue weighted by molar-refractivity contribution is -0.108. The molecule has 1 atom stereocenters. The van der Waals surface area contributed by atoms with Crippen molar-refractivity contribution < 1.29 is 9.53 Å². The fourth-order valence-corrected chi connectivity index (χ4v) is 2.87. The molecule has 0 aromatic heterocycles. The van der Waals surface area contributed by atoms with Crippen molar-refractivity contribution in [2.75, 3.05) is 0 Å². The first-order valence-corrected chi connectivity index (χ1v) is 6.62. The van der Waals surface area contributed by atoms with Crippen molar-refractivity contribution in [3.05, 3.63) is 71.8 Å². The van der Waals surface area contributed by atoms with Crippen LogP contribution in [0.15, 0.2) is 60.7 Å². The number of hydrogen-bond donors (Lipinski definition) is 0. The van der Waals surface area contributed by atoms with Gasteiger partial charge in [-0.3, -0.25) is 0 Å². The number of aldehydes is 1. The molecule has 0 saturated carbocycles. The molecule has 0 radical (unpaired) electrons. The molecule has 0 fully saturated rings. The summed E-state index contributed by atoms with van der Waals surface area (Å²) >= 11 is 0. The number of carbonyl (C=O) groups is 1. The normalized spacial score (nSPS) is 16.1. The average molecular weight is 260 g/mol. The average Bonchev–Trinajstić information content (AvgIpc) is 2.52. The third-order valence-electron chi connectivity index (χ3n) is 3.85. The molecular formula is C18H12O2. The predicted octanol–water partition coefficient (Wildman–Crippen LogP) is 4.28. The Balaban J connectivity index is 2.04. The van der Waals surface area contributed by atoms with Gasteiger partial charge in [0.2, 0.25) is 0 Å². The van der Waals surface area contributed by atoms with Gasteiger partial charge >= 0.3 is 0 Å². The van der Waals surface area contributed by atoms with E-state index in [0.717, 1.165) is 39.7 Å². The first-order valence-electron chi connectivity index (χ1n) is 6.62. The summed E-state index contributed by atoms with van der Waals surface area (Å²) in [6.07, 6.45) is 0.995. The van der Waals surface area contributed by atoms with Gasteiger partial charge in [-0.25, -0.2) is 0 Å². The summed E-state index contributed by atoms with van der Waals surface area (Å²) in [5, 5.41) is 2.17. The molecule has 0 spiro atoms. The Hall–Kier alpha value is -2.61. The molecule has 0 amide bonds. The van der Waals surface area contributed by atoms with E-state index in [1.807, 2.05) is 54.6 Å². The van der Waals surface area contributed by atoms with Crippen LogP contribution in [0.5, 0.6) is 11.5 Å². The lowest BCUT2D eigenvalue weighted by Gasteiger charge is -2.26. The van der Waals surface area contributed by atoms with Crippen molar-refractivity contribution >= 4 is 17.1 Å². The van der Waals surface area contributed by atoms with E-state index in [9.17, 15) is 4.79 Å².